The van der Waals surface area contributed by atoms with Crippen LogP contribution in [-0.4, -0.2) is 97.7 Å². The number of ether oxygens (including phenoxy) is 5. The molecule has 5 rings (SSSR count). The minimum absolute atomic E-state index is 0.0564. The van der Waals surface area contributed by atoms with Crippen LogP contribution in [0.25, 0.3) is 22.3 Å². The van der Waals surface area contributed by atoms with Gasteiger partial charge in [-0.1, -0.05) is 6.92 Å². The normalized spacial score (nSPS) is 30.8. The Balaban J connectivity index is 1.59. The van der Waals surface area contributed by atoms with E-state index >= 15 is 0 Å². The number of carbonyl (C=O) groups is 2. The van der Waals surface area contributed by atoms with Crippen molar-refractivity contribution in [3.8, 4) is 34.3 Å². The molecule has 1 aliphatic heterocycles. The number of fused-ring (bicyclic) bond motifs is 1. The van der Waals surface area contributed by atoms with Crippen molar-refractivity contribution >= 4 is 22.9 Å². The number of esters is 2. The summed E-state index contributed by atoms with van der Waals surface area (Å²) in [6.45, 7) is 5.44. The van der Waals surface area contributed by atoms with Crippen molar-refractivity contribution in [1.82, 2.24) is 0 Å². The molecule has 1 aliphatic carbocycles. The van der Waals surface area contributed by atoms with Gasteiger partial charge in [-0.25, -0.2) is 0 Å². The number of hydrogen-bond acceptors (Lipinski definition) is 15. The van der Waals surface area contributed by atoms with Crippen molar-refractivity contribution in [2.75, 3.05) is 0 Å². The Morgan fingerprint density at radius 1 is 0.830 bits per heavy atom. The monoisotopic (exact) mass is 660 g/mol. The van der Waals surface area contributed by atoms with Crippen LogP contribution in [0.2, 0.25) is 0 Å². The van der Waals surface area contributed by atoms with Crippen molar-refractivity contribution in [3.63, 3.8) is 0 Å². The van der Waals surface area contributed by atoms with E-state index < -0.39 is 89.9 Å². The van der Waals surface area contributed by atoms with Crippen molar-refractivity contribution in [3.05, 3.63) is 46.6 Å². The first-order chi connectivity index (χ1) is 22.2. The van der Waals surface area contributed by atoms with Crippen molar-refractivity contribution in [1.29, 1.82) is 0 Å². The highest BCUT2D eigenvalue weighted by atomic mass is 16.7. The third kappa shape index (κ3) is 6.84. The highest BCUT2D eigenvalue weighted by Gasteiger charge is 2.48. The molecular formula is C32H36O15. The predicted molar refractivity (Wildman–Crippen MR) is 160 cm³/mol. The molecule has 0 spiro atoms. The largest absolute Gasteiger partial charge is 0.508 e. The highest BCUT2D eigenvalue weighted by Crippen LogP contribution is 2.40. The average molecular weight is 661 g/mol. The van der Waals surface area contributed by atoms with Crippen molar-refractivity contribution in [2.45, 2.75) is 89.2 Å². The van der Waals surface area contributed by atoms with Crippen molar-refractivity contribution < 1.29 is 68.3 Å². The Morgan fingerprint density at radius 3 is 2.11 bits per heavy atom. The first-order valence-corrected chi connectivity index (χ1v) is 14.8. The van der Waals surface area contributed by atoms with E-state index in [-0.39, 0.29) is 40.2 Å². The van der Waals surface area contributed by atoms with Gasteiger partial charge in [0.2, 0.25) is 17.5 Å². The lowest BCUT2D eigenvalue weighted by molar-refractivity contribution is -0.268. The summed E-state index contributed by atoms with van der Waals surface area (Å²) in [6, 6.07) is 7.83. The molecule has 2 heterocycles. The number of phenols is 2. The summed E-state index contributed by atoms with van der Waals surface area (Å²) in [5.41, 5.74) is -0.793. The molecular weight excluding hydrogens is 624 g/mol. The molecule has 1 saturated heterocycles. The second-order valence-corrected chi connectivity index (χ2v) is 11.8. The molecule has 47 heavy (non-hydrogen) atoms. The number of aliphatic hydroxyl groups excluding tert-OH is 4. The van der Waals surface area contributed by atoms with E-state index in [1.807, 2.05) is 0 Å². The molecule has 15 nitrogen and oxygen atoms in total. The van der Waals surface area contributed by atoms with Crippen LogP contribution in [0.15, 0.2) is 45.6 Å². The fourth-order valence-corrected chi connectivity index (χ4v) is 5.84. The topological polar surface area (TPSA) is 232 Å². The Kier molecular flexibility index (Phi) is 9.65. The number of benzene rings is 2. The van der Waals surface area contributed by atoms with Crippen LogP contribution in [0.5, 0.6) is 23.0 Å². The number of aromatic hydroxyl groups is 2. The highest BCUT2D eigenvalue weighted by molar-refractivity contribution is 5.88. The third-order valence-electron chi connectivity index (χ3n) is 8.17. The second-order valence-electron chi connectivity index (χ2n) is 11.8. The summed E-state index contributed by atoms with van der Waals surface area (Å²) in [5.74, 6) is -3.34. The number of hydrogen-bond donors (Lipinski definition) is 6. The van der Waals surface area contributed by atoms with Crippen molar-refractivity contribution in [2.24, 2.45) is 5.92 Å². The number of phenolic OH excluding ortho intramolecular Hbond substituents is 2. The fourth-order valence-electron chi connectivity index (χ4n) is 5.84. The van der Waals surface area contributed by atoms with E-state index in [0.717, 1.165) is 13.0 Å². The number of rotatable bonds is 7. The molecule has 10 atom stereocenters. The van der Waals surface area contributed by atoms with E-state index in [2.05, 4.69) is 0 Å². The minimum atomic E-state index is -1.66. The van der Waals surface area contributed by atoms with E-state index in [4.69, 9.17) is 28.1 Å². The summed E-state index contributed by atoms with van der Waals surface area (Å²) < 4.78 is 34.1. The maximum absolute atomic E-state index is 14.1. The maximum atomic E-state index is 14.1. The Labute approximate surface area is 267 Å². The van der Waals surface area contributed by atoms with E-state index in [0.29, 0.717) is 0 Å². The SMILES string of the molecule is CC(=O)O[C@@H]1[C@@H](O)[C@@H](OC(C)=O)[C@H](Oc2c(-c3ccc(O)cc3)oc3cc(O[C@H]4O[C@@H](C)[C@H](O)[C@@H](O)[C@H]4O)cc(O)c3c2=O)C[C@@H]1C. The molecule has 3 aromatic rings. The molecule has 15 heteroatoms. The van der Waals surface area contributed by atoms with Gasteiger partial charge in [-0.15, -0.1) is 0 Å². The van der Waals surface area contributed by atoms with Crippen LogP contribution in [-0.2, 0) is 23.8 Å². The Morgan fingerprint density at radius 2 is 1.47 bits per heavy atom. The number of carbonyl (C=O) groups excluding carboxylic acids is 2. The molecule has 0 radical (unpaired) electrons. The Bertz CT molecular complexity index is 1680. The van der Waals surface area contributed by atoms with Gasteiger partial charge >= 0.3 is 11.9 Å². The summed E-state index contributed by atoms with van der Waals surface area (Å²) >= 11 is 0. The standard InChI is InChI=1S/C32H36O15/c1-12-9-21(30(44-15(4)34)27(41)28(12)43-14(3)33)47-31-24(38)22-19(36)10-18(45-32-26(40)25(39)23(37)13(2)42-32)11-20(22)46-29(31)16-5-7-17(35)8-6-16/h5-8,10-13,21,23,25-28,30,32,35-37,39-41H,9H2,1-4H3/t12-,13-,21+,23-,25+,26+,27+,28-,30-,32+/m0/s1. The summed E-state index contributed by atoms with van der Waals surface area (Å²) in [5, 5.41) is 62.2. The number of aliphatic hydroxyl groups is 4. The lowest BCUT2D eigenvalue weighted by Gasteiger charge is -2.42. The van der Waals surface area contributed by atoms with E-state index in [1.54, 1.807) is 6.92 Å². The van der Waals surface area contributed by atoms with Crippen LogP contribution >= 0.6 is 0 Å². The quantitative estimate of drug-likeness (QED) is 0.195. The van der Waals surface area contributed by atoms with Crippen LogP contribution in [0.1, 0.15) is 34.1 Å². The van der Waals surface area contributed by atoms with Crippen LogP contribution < -0.4 is 14.9 Å². The van der Waals surface area contributed by atoms with Gasteiger partial charge in [0.25, 0.3) is 0 Å². The minimum Gasteiger partial charge on any atom is -0.508 e. The zero-order chi connectivity index (χ0) is 34.3. The molecule has 1 saturated carbocycles. The van der Waals surface area contributed by atoms with Gasteiger partial charge in [0.05, 0.1) is 6.10 Å². The molecule has 6 N–H and O–H groups in total. The van der Waals surface area contributed by atoms with Gasteiger partial charge in [0.15, 0.2) is 11.9 Å². The van der Waals surface area contributed by atoms with Crippen LogP contribution in [0, 0.1) is 5.92 Å². The van der Waals surface area contributed by atoms with Gasteiger partial charge in [-0.3, -0.25) is 14.4 Å². The Hall–Kier alpha value is -4.41. The van der Waals surface area contributed by atoms with Gasteiger partial charge in [-0.2, -0.15) is 0 Å². The second kappa shape index (κ2) is 13.4. The lowest BCUT2D eigenvalue weighted by Crippen LogP contribution is -2.58. The molecule has 2 aliphatic rings. The summed E-state index contributed by atoms with van der Waals surface area (Å²) in [6.07, 6.45) is -12.0. The first-order valence-electron chi connectivity index (χ1n) is 14.8. The van der Waals surface area contributed by atoms with Crippen LogP contribution in [0.3, 0.4) is 0 Å². The van der Waals surface area contributed by atoms with Gasteiger partial charge in [0.1, 0.15) is 64.8 Å². The lowest BCUT2D eigenvalue weighted by atomic mass is 9.81. The molecule has 2 aromatic carbocycles. The third-order valence-corrected chi connectivity index (χ3v) is 8.17. The molecule has 2 fully saturated rings. The van der Waals surface area contributed by atoms with E-state index in [9.17, 15) is 45.0 Å². The molecule has 0 unspecified atom stereocenters. The van der Waals surface area contributed by atoms with Crippen LogP contribution in [0.4, 0.5) is 0 Å². The summed E-state index contributed by atoms with van der Waals surface area (Å²) in [4.78, 5) is 37.8. The molecule has 0 bridgehead atoms. The fraction of sp³-hybridized carbons (Fsp3) is 0.469. The molecule has 0 amide bonds. The zero-order valence-corrected chi connectivity index (χ0v) is 25.8. The van der Waals surface area contributed by atoms with Gasteiger partial charge < -0.3 is 58.7 Å². The maximum Gasteiger partial charge on any atom is 0.303 e. The molecule has 254 valence electrons. The summed E-state index contributed by atoms with van der Waals surface area (Å²) in [7, 11) is 0. The van der Waals surface area contributed by atoms with Gasteiger partial charge in [0, 0.05) is 31.5 Å². The molecule has 1 aromatic heterocycles. The van der Waals surface area contributed by atoms with E-state index in [1.165, 1.54) is 44.2 Å². The predicted octanol–water partition coefficient (Wildman–Crippen LogP) is 1.09. The van der Waals surface area contributed by atoms with Gasteiger partial charge in [-0.05, 0) is 43.5 Å². The smallest absolute Gasteiger partial charge is 0.303 e. The zero-order valence-electron chi connectivity index (χ0n) is 25.8. The average Bonchev–Trinajstić information content (AvgIpc) is 3.00. The first kappa shape index (κ1) is 33.9.